The van der Waals surface area contributed by atoms with E-state index in [1.807, 2.05) is 13.0 Å². The van der Waals surface area contributed by atoms with E-state index < -0.39 is 11.7 Å². The monoisotopic (exact) mass is 404 g/mol. The maximum Gasteiger partial charge on any atom is 0.288 e. The molecule has 5 nitrogen and oxygen atoms in total. The van der Waals surface area contributed by atoms with Crippen molar-refractivity contribution in [2.75, 3.05) is 19.0 Å². The van der Waals surface area contributed by atoms with Crippen LogP contribution in [-0.2, 0) is 4.79 Å². The first-order valence-corrected chi connectivity index (χ1v) is 9.13. The van der Waals surface area contributed by atoms with Gasteiger partial charge in [0.15, 0.2) is 11.5 Å². The summed E-state index contributed by atoms with van der Waals surface area (Å²) in [6, 6.07) is 12.9. The van der Waals surface area contributed by atoms with Crippen LogP contribution in [0, 0.1) is 11.3 Å². The van der Waals surface area contributed by atoms with Gasteiger partial charge in [0.05, 0.1) is 13.7 Å². The van der Waals surface area contributed by atoms with Gasteiger partial charge in [-0.15, -0.1) is 0 Å². The highest BCUT2D eigenvalue weighted by molar-refractivity contribution is 7.99. The zero-order valence-corrected chi connectivity index (χ0v) is 16.1. The van der Waals surface area contributed by atoms with Crippen molar-refractivity contribution in [2.45, 2.75) is 17.6 Å². The van der Waals surface area contributed by atoms with Gasteiger partial charge in [-0.25, -0.2) is 0 Å². The Balaban J connectivity index is 2.17. The van der Waals surface area contributed by atoms with E-state index in [1.54, 1.807) is 18.2 Å². The Morgan fingerprint density at radius 3 is 2.54 bits per heavy atom. The summed E-state index contributed by atoms with van der Waals surface area (Å²) < 4.78 is 35.4. The molecule has 2 rings (SSSR count). The van der Waals surface area contributed by atoms with Crippen LogP contribution in [-0.4, -0.2) is 25.4 Å². The first kappa shape index (κ1) is 21.3. The number of nitrogens with zero attached hydrogens (tertiary/aromatic N) is 1. The minimum atomic E-state index is -2.51. The van der Waals surface area contributed by atoms with Gasteiger partial charge in [-0.2, -0.15) is 14.0 Å². The van der Waals surface area contributed by atoms with Gasteiger partial charge in [0.25, 0.3) is 11.7 Å². The minimum absolute atomic E-state index is 0.112. The van der Waals surface area contributed by atoms with E-state index in [4.69, 9.17) is 9.47 Å². The zero-order valence-electron chi connectivity index (χ0n) is 15.2. The van der Waals surface area contributed by atoms with E-state index in [1.165, 1.54) is 37.5 Å². The molecule has 1 N–H and O–H groups in total. The van der Waals surface area contributed by atoms with Crippen LogP contribution in [0.1, 0.15) is 12.5 Å². The lowest BCUT2D eigenvalue weighted by molar-refractivity contribution is -0.112. The number of ether oxygens (including phenoxy) is 2. The molecule has 0 saturated carbocycles. The lowest BCUT2D eigenvalue weighted by Crippen LogP contribution is -2.13. The number of carbonyl (C=O) groups is 1. The molecule has 2 aromatic rings. The van der Waals surface area contributed by atoms with E-state index in [-0.39, 0.29) is 5.57 Å². The number of alkyl halides is 2. The van der Waals surface area contributed by atoms with Crippen molar-refractivity contribution in [2.24, 2.45) is 0 Å². The number of nitrogens with one attached hydrogen (secondary N) is 1. The predicted octanol–water partition coefficient (Wildman–Crippen LogP) is 4.95. The third kappa shape index (κ3) is 5.99. The summed E-state index contributed by atoms with van der Waals surface area (Å²) in [4.78, 5) is 12.7. The topological polar surface area (TPSA) is 71.3 Å². The number of hydrogen-bond acceptors (Lipinski definition) is 5. The zero-order chi connectivity index (χ0) is 20.5. The molecular formula is C20H18F2N2O3S. The second-order valence-corrected chi connectivity index (χ2v) is 6.43. The van der Waals surface area contributed by atoms with Gasteiger partial charge in [0.1, 0.15) is 11.6 Å². The molecule has 0 atom stereocenters. The number of thioether (sulfide) groups is 1. The second kappa shape index (κ2) is 10.3. The smallest absolute Gasteiger partial charge is 0.288 e. The molecular weight excluding hydrogens is 386 g/mol. The average Bonchev–Trinajstić information content (AvgIpc) is 2.67. The summed E-state index contributed by atoms with van der Waals surface area (Å²) >= 11 is 0.415. The molecule has 1 amide bonds. The Bertz CT molecular complexity index is 893. The number of nitriles is 1. The van der Waals surface area contributed by atoms with Crippen LogP contribution >= 0.6 is 11.8 Å². The molecule has 0 aliphatic carbocycles. The summed E-state index contributed by atoms with van der Waals surface area (Å²) in [7, 11) is 1.52. The third-order valence-corrected chi connectivity index (χ3v) is 4.22. The highest BCUT2D eigenvalue weighted by Crippen LogP contribution is 2.29. The molecule has 2 aromatic carbocycles. The van der Waals surface area contributed by atoms with Gasteiger partial charge in [-0.05, 0) is 55.0 Å². The van der Waals surface area contributed by atoms with Crippen LogP contribution in [0.5, 0.6) is 11.5 Å². The summed E-state index contributed by atoms with van der Waals surface area (Å²) in [5.74, 6) is -2.07. The van der Waals surface area contributed by atoms with Crippen molar-refractivity contribution in [3.05, 3.63) is 53.6 Å². The van der Waals surface area contributed by atoms with Crippen LogP contribution < -0.4 is 14.8 Å². The number of benzene rings is 2. The Labute approximate surface area is 166 Å². The van der Waals surface area contributed by atoms with Gasteiger partial charge in [0.2, 0.25) is 0 Å². The lowest BCUT2D eigenvalue weighted by atomic mass is 10.1. The van der Waals surface area contributed by atoms with Gasteiger partial charge < -0.3 is 14.8 Å². The Kier molecular flexibility index (Phi) is 7.84. The highest BCUT2D eigenvalue weighted by atomic mass is 32.2. The van der Waals surface area contributed by atoms with Crippen molar-refractivity contribution in [1.82, 2.24) is 0 Å². The second-order valence-electron chi connectivity index (χ2n) is 5.37. The SMILES string of the molecule is CCOc1cc(/C=C(\C#N)C(=O)Nc2ccc(SC(F)F)cc2)ccc1OC. The maximum absolute atomic E-state index is 12.4. The Morgan fingerprint density at radius 1 is 1.25 bits per heavy atom. The number of rotatable bonds is 8. The van der Waals surface area contributed by atoms with Crippen LogP contribution in [0.15, 0.2) is 52.9 Å². The molecule has 0 aliphatic rings. The third-order valence-electron chi connectivity index (χ3n) is 3.50. The summed E-state index contributed by atoms with van der Waals surface area (Å²) in [6.07, 6.45) is 1.43. The van der Waals surface area contributed by atoms with Gasteiger partial charge in [-0.3, -0.25) is 4.79 Å². The van der Waals surface area contributed by atoms with E-state index in [2.05, 4.69) is 5.32 Å². The minimum Gasteiger partial charge on any atom is -0.493 e. The number of carbonyl (C=O) groups excluding carboxylic acids is 1. The first-order chi connectivity index (χ1) is 13.5. The number of anilines is 1. The summed E-state index contributed by atoms with van der Waals surface area (Å²) in [6.45, 7) is 2.27. The standard InChI is InChI=1S/C20H18F2N2O3S/c1-3-27-18-11-13(4-9-17(18)26-2)10-14(12-23)19(25)24-15-5-7-16(8-6-15)28-20(21)22/h4-11,20H,3H2,1-2H3,(H,24,25)/b14-10+. The van der Waals surface area contributed by atoms with Gasteiger partial charge in [0, 0.05) is 10.6 Å². The van der Waals surface area contributed by atoms with Crippen molar-refractivity contribution in [1.29, 1.82) is 5.26 Å². The number of hydrogen-bond donors (Lipinski definition) is 1. The Hall–Kier alpha value is -3.05. The molecule has 0 aromatic heterocycles. The van der Waals surface area contributed by atoms with Crippen LogP contribution in [0.3, 0.4) is 0 Å². The number of methoxy groups -OCH3 is 1. The van der Waals surface area contributed by atoms with Crippen molar-refractivity contribution in [3.8, 4) is 17.6 Å². The van der Waals surface area contributed by atoms with E-state index in [0.717, 1.165) is 0 Å². The normalized spacial score (nSPS) is 11.1. The van der Waals surface area contributed by atoms with E-state index in [0.29, 0.717) is 46.0 Å². The van der Waals surface area contributed by atoms with Crippen molar-refractivity contribution in [3.63, 3.8) is 0 Å². The van der Waals surface area contributed by atoms with E-state index in [9.17, 15) is 18.8 Å². The van der Waals surface area contributed by atoms with Crippen LogP contribution in [0.2, 0.25) is 0 Å². The van der Waals surface area contributed by atoms with E-state index >= 15 is 0 Å². The van der Waals surface area contributed by atoms with Gasteiger partial charge in [-0.1, -0.05) is 17.8 Å². The molecule has 0 aliphatic heterocycles. The molecule has 0 radical (unpaired) electrons. The molecule has 8 heteroatoms. The molecule has 0 saturated heterocycles. The molecule has 0 spiro atoms. The number of amides is 1. The Morgan fingerprint density at radius 2 is 1.96 bits per heavy atom. The van der Waals surface area contributed by atoms with Crippen molar-refractivity contribution < 1.29 is 23.0 Å². The molecule has 146 valence electrons. The number of halogens is 2. The largest absolute Gasteiger partial charge is 0.493 e. The summed E-state index contributed by atoms with van der Waals surface area (Å²) in [5.41, 5.74) is 0.882. The summed E-state index contributed by atoms with van der Waals surface area (Å²) in [5, 5.41) is 11.9. The highest BCUT2D eigenvalue weighted by Gasteiger charge is 2.12. The fourth-order valence-electron chi connectivity index (χ4n) is 2.28. The first-order valence-electron chi connectivity index (χ1n) is 8.25. The maximum atomic E-state index is 12.4. The fourth-order valence-corrected chi connectivity index (χ4v) is 2.78. The quantitative estimate of drug-likeness (QED) is 0.383. The lowest BCUT2D eigenvalue weighted by Gasteiger charge is -2.10. The van der Waals surface area contributed by atoms with Gasteiger partial charge >= 0.3 is 0 Å². The molecule has 0 bridgehead atoms. The average molecular weight is 404 g/mol. The van der Waals surface area contributed by atoms with Crippen LogP contribution in [0.25, 0.3) is 6.08 Å². The molecule has 28 heavy (non-hydrogen) atoms. The van der Waals surface area contributed by atoms with Crippen LogP contribution in [0.4, 0.5) is 14.5 Å². The fraction of sp³-hybridized carbons (Fsp3) is 0.200. The molecule has 0 unspecified atom stereocenters. The molecule has 0 heterocycles. The predicted molar refractivity (Wildman–Crippen MR) is 105 cm³/mol. The molecule has 0 fully saturated rings. The van der Waals surface area contributed by atoms with Crippen molar-refractivity contribution >= 4 is 29.4 Å².